The lowest BCUT2D eigenvalue weighted by molar-refractivity contribution is -0.113. The minimum absolute atomic E-state index is 0.150. The van der Waals surface area contributed by atoms with Gasteiger partial charge in [-0.2, -0.15) is 0 Å². The van der Waals surface area contributed by atoms with Gasteiger partial charge in [0.05, 0.1) is 11.5 Å². The number of aldehydes is 1. The molecular formula is C17H23NO2. The second-order valence-corrected chi connectivity index (χ2v) is 6.58. The predicted octanol–water partition coefficient (Wildman–Crippen LogP) is 2.13. The molecule has 0 spiro atoms. The lowest BCUT2D eigenvalue weighted by Crippen LogP contribution is -2.50. The van der Waals surface area contributed by atoms with E-state index in [4.69, 9.17) is 0 Å². The molecule has 0 aromatic heterocycles. The Bertz CT molecular complexity index is 461. The highest BCUT2D eigenvalue weighted by molar-refractivity contribution is 5.68. The molecule has 0 aliphatic carbocycles. The van der Waals surface area contributed by atoms with E-state index in [0.29, 0.717) is 12.1 Å². The molecule has 1 N–H and O–H groups in total. The van der Waals surface area contributed by atoms with E-state index in [1.807, 2.05) is 37.3 Å². The monoisotopic (exact) mass is 273 g/mol. The number of hydrogen-bond donors (Lipinski definition) is 1. The standard InChI is InChI=1S/C17H23NO2/c1-17(12-19,13-5-3-2-4-6-13)11-18-14-7-8-15(18)10-16(20)9-14/h2-6,12,14-16,20H,7-11H2,1H3. The summed E-state index contributed by atoms with van der Waals surface area (Å²) in [7, 11) is 0. The van der Waals surface area contributed by atoms with Gasteiger partial charge in [0.1, 0.15) is 6.29 Å². The largest absolute Gasteiger partial charge is 0.393 e. The summed E-state index contributed by atoms with van der Waals surface area (Å²) >= 11 is 0. The van der Waals surface area contributed by atoms with E-state index in [0.717, 1.165) is 44.1 Å². The molecule has 2 aliphatic heterocycles. The van der Waals surface area contributed by atoms with Crippen molar-refractivity contribution in [3.8, 4) is 0 Å². The molecule has 1 aromatic rings. The molecule has 0 radical (unpaired) electrons. The molecule has 2 aliphatic rings. The van der Waals surface area contributed by atoms with Crippen LogP contribution >= 0.6 is 0 Å². The minimum Gasteiger partial charge on any atom is -0.393 e. The van der Waals surface area contributed by atoms with Crippen LogP contribution in [0.2, 0.25) is 0 Å². The fourth-order valence-electron chi connectivity index (χ4n) is 3.90. The van der Waals surface area contributed by atoms with E-state index in [-0.39, 0.29) is 6.10 Å². The van der Waals surface area contributed by atoms with Crippen molar-refractivity contribution in [1.82, 2.24) is 4.90 Å². The summed E-state index contributed by atoms with van der Waals surface area (Å²) in [6.07, 6.45) is 4.98. The summed E-state index contributed by atoms with van der Waals surface area (Å²) in [5.41, 5.74) is 0.630. The molecule has 3 heteroatoms. The van der Waals surface area contributed by atoms with Gasteiger partial charge >= 0.3 is 0 Å². The lowest BCUT2D eigenvalue weighted by atomic mass is 9.82. The zero-order valence-corrected chi connectivity index (χ0v) is 12.0. The molecule has 2 bridgehead atoms. The van der Waals surface area contributed by atoms with Gasteiger partial charge in [-0.3, -0.25) is 4.90 Å². The van der Waals surface area contributed by atoms with Crippen LogP contribution in [0.5, 0.6) is 0 Å². The summed E-state index contributed by atoms with van der Waals surface area (Å²) in [6, 6.07) is 10.9. The Labute approximate surface area is 120 Å². The maximum Gasteiger partial charge on any atom is 0.131 e. The number of aliphatic hydroxyl groups excluding tert-OH is 1. The number of carbonyl (C=O) groups is 1. The molecule has 20 heavy (non-hydrogen) atoms. The van der Waals surface area contributed by atoms with E-state index >= 15 is 0 Å². The molecule has 2 saturated heterocycles. The van der Waals surface area contributed by atoms with Crippen LogP contribution in [0, 0.1) is 0 Å². The van der Waals surface area contributed by atoms with Gasteiger partial charge in [-0.25, -0.2) is 0 Å². The van der Waals surface area contributed by atoms with Crippen LogP contribution in [0.3, 0.4) is 0 Å². The van der Waals surface area contributed by atoms with Gasteiger partial charge in [-0.05, 0) is 38.2 Å². The van der Waals surface area contributed by atoms with Gasteiger partial charge in [0.25, 0.3) is 0 Å². The van der Waals surface area contributed by atoms with Crippen molar-refractivity contribution in [2.45, 2.75) is 56.2 Å². The molecule has 3 nitrogen and oxygen atoms in total. The summed E-state index contributed by atoms with van der Waals surface area (Å²) in [5.74, 6) is 0. The number of hydrogen-bond acceptors (Lipinski definition) is 3. The third kappa shape index (κ3) is 2.40. The second kappa shape index (κ2) is 5.30. The van der Waals surface area contributed by atoms with Gasteiger partial charge in [0.15, 0.2) is 0 Å². The van der Waals surface area contributed by atoms with Crippen molar-refractivity contribution in [1.29, 1.82) is 0 Å². The molecule has 1 aromatic carbocycles. The van der Waals surface area contributed by atoms with Gasteiger partial charge in [0, 0.05) is 18.6 Å². The number of nitrogens with zero attached hydrogens (tertiary/aromatic N) is 1. The van der Waals surface area contributed by atoms with Gasteiger partial charge in [-0.15, -0.1) is 0 Å². The van der Waals surface area contributed by atoms with E-state index in [9.17, 15) is 9.90 Å². The number of fused-ring (bicyclic) bond motifs is 2. The van der Waals surface area contributed by atoms with Crippen molar-refractivity contribution in [2.75, 3.05) is 6.54 Å². The number of piperidine rings is 1. The SMILES string of the molecule is CC(C=O)(CN1C2CCC1CC(O)C2)c1ccccc1. The Kier molecular flexibility index (Phi) is 3.65. The van der Waals surface area contributed by atoms with Crippen molar-refractivity contribution in [3.63, 3.8) is 0 Å². The molecule has 3 atom stereocenters. The Morgan fingerprint density at radius 2 is 1.85 bits per heavy atom. The predicted molar refractivity (Wildman–Crippen MR) is 78.6 cm³/mol. The summed E-state index contributed by atoms with van der Waals surface area (Å²) in [5, 5.41) is 9.88. The van der Waals surface area contributed by atoms with Crippen molar-refractivity contribution >= 4 is 6.29 Å². The van der Waals surface area contributed by atoms with Crippen LogP contribution < -0.4 is 0 Å². The molecule has 108 valence electrons. The highest BCUT2D eigenvalue weighted by atomic mass is 16.3. The first-order chi connectivity index (χ1) is 9.62. The van der Waals surface area contributed by atoms with E-state index in [1.54, 1.807) is 0 Å². The Hall–Kier alpha value is -1.19. The quantitative estimate of drug-likeness (QED) is 0.854. The highest BCUT2D eigenvalue weighted by Crippen LogP contribution is 2.38. The third-order valence-corrected chi connectivity index (χ3v) is 5.06. The van der Waals surface area contributed by atoms with Gasteiger partial charge in [-0.1, -0.05) is 30.3 Å². The van der Waals surface area contributed by atoms with Gasteiger partial charge in [0.2, 0.25) is 0 Å². The number of benzene rings is 1. The third-order valence-electron chi connectivity index (χ3n) is 5.06. The molecule has 2 fully saturated rings. The van der Waals surface area contributed by atoms with Crippen molar-refractivity contribution in [2.24, 2.45) is 0 Å². The molecule has 0 amide bonds. The maximum atomic E-state index is 11.7. The van der Waals surface area contributed by atoms with Gasteiger partial charge < -0.3 is 9.90 Å². The average Bonchev–Trinajstić information content (AvgIpc) is 2.71. The number of rotatable bonds is 4. The summed E-state index contributed by atoms with van der Waals surface area (Å²) in [6.45, 7) is 2.79. The zero-order chi connectivity index (χ0) is 14.2. The average molecular weight is 273 g/mol. The molecule has 0 saturated carbocycles. The number of aliphatic hydroxyl groups is 1. The van der Waals surface area contributed by atoms with Crippen LogP contribution in [0.25, 0.3) is 0 Å². The lowest BCUT2D eigenvalue weighted by Gasteiger charge is -2.41. The second-order valence-electron chi connectivity index (χ2n) is 6.58. The summed E-state index contributed by atoms with van der Waals surface area (Å²) in [4.78, 5) is 14.2. The highest BCUT2D eigenvalue weighted by Gasteiger charge is 2.43. The minimum atomic E-state index is -0.454. The molecule has 3 unspecified atom stereocenters. The van der Waals surface area contributed by atoms with Crippen LogP contribution in [-0.2, 0) is 10.2 Å². The molecule has 2 heterocycles. The van der Waals surface area contributed by atoms with Crippen LogP contribution in [0.15, 0.2) is 30.3 Å². The Morgan fingerprint density at radius 1 is 1.25 bits per heavy atom. The maximum absolute atomic E-state index is 11.7. The first-order valence-corrected chi connectivity index (χ1v) is 7.58. The smallest absolute Gasteiger partial charge is 0.131 e. The first-order valence-electron chi connectivity index (χ1n) is 7.58. The van der Waals surface area contributed by atoms with Crippen molar-refractivity contribution < 1.29 is 9.90 Å². The summed E-state index contributed by atoms with van der Waals surface area (Å²) < 4.78 is 0. The van der Waals surface area contributed by atoms with E-state index in [2.05, 4.69) is 4.90 Å². The van der Waals surface area contributed by atoms with Crippen LogP contribution in [-0.4, -0.2) is 41.0 Å². The van der Waals surface area contributed by atoms with Crippen LogP contribution in [0.4, 0.5) is 0 Å². The number of carbonyl (C=O) groups excluding carboxylic acids is 1. The fraction of sp³-hybridized carbons (Fsp3) is 0.588. The van der Waals surface area contributed by atoms with Crippen LogP contribution in [0.1, 0.15) is 38.2 Å². The van der Waals surface area contributed by atoms with E-state index < -0.39 is 5.41 Å². The van der Waals surface area contributed by atoms with E-state index in [1.165, 1.54) is 0 Å². The normalized spacial score (nSPS) is 32.8. The first kappa shape index (κ1) is 13.8. The molecular weight excluding hydrogens is 250 g/mol. The topological polar surface area (TPSA) is 40.5 Å². The Balaban J connectivity index is 1.81. The Morgan fingerprint density at radius 3 is 2.40 bits per heavy atom. The fourth-order valence-corrected chi connectivity index (χ4v) is 3.90. The van der Waals surface area contributed by atoms with Crippen molar-refractivity contribution in [3.05, 3.63) is 35.9 Å². The molecule has 3 rings (SSSR count). The zero-order valence-electron chi connectivity index (χ0n) is 12.0.